The molecule has 0 N–H and O–H groups in total. The van der Waals surface area contributed by atoms with Gasteiger partial charge in [-0.2, -0.15) is 0 Å². The van der Waals surface area contributed by atoms with Crippen LogP contribution in [0.25, 0.3) is 0 Å². The summed E-state index contributed by atoms with van der Waals surface area (Å²) in [5.41, 5.74) is 3.47. The van der Waals surface area contributed by atoms with E-state index < -0.39 is 9.84 Å². The predicted molar refractivity (Wildman–Crippen MR) is 98.0 cm³/mol. The van der Waals surface area contributed by atoms with Crippen molar-refractivity contribution in [2.45, 2.75) is 44.9 Å². The van der Waals surface area contributed by atoms with E-state index in [0.717, 1.165) is 32.5 Å². The lowest BCUT2D eigenvalue weighted by Gasteiger charge is -2.37. The molecule has 2 saturated heterocycles. The van der Waals surface area contributed by atoms with Crippen molar-refractivity contribution in [3.8, 4) is 0 Å². The molecule has 0 amide bonds. The number of likely N-dealkylation sites (tertiary alicyclic amines) is 1. The molecule has 1 atom stereocenters. The maximum Gasteiger partial charge on any atom is 0.151 e. The Hall–Kier alpha value is -0.870. The van der Waals surface area contributed by atoms with Crippen LogP contribution in [0.5, 0.6) is 0 Å². The maximum absolute atomic E-state index is 11.5. The van der Waals surface area contributed by atoms with Crippen LogP contribution in [0, 0.1) is 11.3 Å². The van der Waals surface area contributed by atoms with Crippen LogP contribution in [0.4, 0.5) is 0 Å². The van der Waals surface area contributed by atoms with E-state index in [4.69, 9.17) is 0 Å². The van der Waals surface area contributed by atoms with Crippen molar-refractivity contribution in [3.05, 3.63) is 35.4 Å². The first-order valence-electron chi connectivity index (χ1n) is 9.30. The van der Waals surface area contributed by atoms with Crippen LogP contribution in [0.15, 0.2) is 24.3 Å². The summed E-state index contributed by atoms with van der Waals surface area (Å²) >= 11 is 0. The zero-order valence-electron chi connectivity index (χ0n) is 14.9. The van der Waals surface area contributed by atoms with Gasteiger partial charge in [0.05, 0.1) is 11.5 Å². The van der Waals surface area contributed by atoms with Crippen molar-refractivity contribution in [2.75, 3.05) is 31.1 Å². The number of rotatable bonds is 5. The number of hydrogen-bond acceptors (Lipinski definition) is 3. The third-order valence-electron chi connectivity index (χ3n) is 6.37. The molecule has 3 nitrogen and oxygen atoms in total. The molecule has 1 saturated carbocycles. The summed E-state index contributed by atoms with van der Waals surface area (Å²) < 4.78 is 23.0. The first kappa shape index (κ1) is 16.6. The van der Waals surface area contributed by atoms with Gasteiger partial charge in [-0.05, 0) is 54.7 Å². The third-order valence-corrected chi connectivity index (χ3v) is 8.48. The normalized spacial score (nSPS) is 27.8. The highest BCUT2D eigenvalue weighted by Gasteiger charge is 2.51. The highest BCUT2D eigenvalue weighted by Crippen LogP contribution is 2.47. The topological polar surface area (TPSA) is 37.4 Å². The van der Waals surface area contributed by atoms with E-state index in [9.17, 15) is 8.42 Å². The second kappa shape index (κ2) is 5.57. The maximum atomic E-state index is 11.5. The summed E-state index contributed by atoms with van der Waals surface area (Å²) in [7, 11) is -2.71. The van der Waals surface area contributed by atoms with Crippen molar-refractivity contribution in [2.24, 2.45) is 11.3 Å². The molecule has 0 bridgehead atoms. The second-order valence-corrected chi connectivity index (χ2v) is 11.1. The molecule has 3 fully saturated rings. The van der Waals surface area contributed by atoms with Crippen LogP contribution >= 0.6 is 0 Å². The third kappa shape index (κ3) is 3.28. The van der Waals surface area contributed by atoms with Crippen LogP contribution in [-0.4, -0.2) is 44.5 Å². The molecule has 2 heterocycles. The number of hydrogen-bond donors (Lipinski definition) is 0. The summed E-state index contributed by atoms with van der Waals surface area (Å²) in [6, 6.07) is 9.25. The Bertz CT molecular complexity index is 707. The van der Waals surface area contributed by atoms with Gasteiger partial charge in [0.2, 0.25) is 0 Å². The molecule has 1 aromatic carbocycles. The zero-order valence-corrected chi connectivity index (χ0v) is 15.7. The van der Waals surface area contributed by atoms with E-state index in [0.29, 0.717) is 22.8 Å². The Morgan fingerprint density at radius 3 is 2.38 bits per heavy atom. The van der Waals surface area contributed by atoms with Crippen LogP contribution in [0.1, 0.15) is 44.2 Å². The minimum Gasteiger partial charge on any atom is -0.302 e. The lowest BCUT2D eigenvalue weighted by molar-refractivity contribution is 0.249. The van der Waals surface area contributed by atoms with Crippen LogP contribution in [-0.2, 0) is 21.7 Å². The van der Waals surface area contributed by atoms with Gasteiger partial charge < -0.3 is 4.90 Å². The van der Waals surface area contributed by atoms with Crippen molar-refractivity contribution in [1.82, 2.24) is 4.90 Å². The highest BCUT2D eigenvalue weighted by molar-refractivity contribution is 7.92. The van der Waals surface area contributed by atoms with Gasteiger partial charge in [-0.1, -0.05) is 38.1 Å². The molecule has 2 aliphatic heterocycles. The highest BCUT2D eigenvalue weighted by atomic mass is 32.2. The molecule has 1 spiro atoms. The predicted octanol–water partition coefficient (Wildman–Crippen LogP) is 3.04. The lowest BCUT2D eigenvalue weighted by atomic mass is 9.91. The van der Waals surface area contributed by atoms with Gasteiger partial charge in [0.1, 0.15) is 0 Å². The van der Waals surface area contributed by atoms with E-state index in [-0.39, 0.29) is 5.41 Å². The van der Waals surface area contributed by atoms with E-state index in [1.54, 1.807) is 0 Å². The Balaban J connectivity index is 1.29. The molecule has 132 valence electrons. The summed E-state index contributed by atoms with van der Waals surface area (Å²) in [6.45, 7) is 7.80. The van der Waals surface area contributed by atoms with E-state index in [1.165, 1.54) is 24.0 Å². The lowest BCUT2D eigenvalue weighted by Crippen LogP contribution is -2.50. The van der Waals surface area contributed by atoms with Crippen molar-refractivity contribution in [3.63, 3.8) is 0 Å². The SMILES string of the molecule is CC(Cc1ccc(C2(C)CC2)cc1)CN1CCC2(C1)CS(=O)(=O)C2. The Morgan fingerprint density at radius 2 is 1.79 bits per heavy atom. The molecule has 0 radical (unpaired) electrons. The fourth-order valence-corrected chi connectivity index (χ4v) is 6.99. The molecule has 4 rings (SSSR count). The van der Waals surface area contributed by atoms with Gasteiger partial charge in [-0.3, -0.25) is 0 Å². The zero-order chi connectivity index (χ0) is 17.0. The molecular formula is C20H29NO2S. The van der Waals surface area contributed by atoms with Gasteiger partial charge in [-0.15, -0.1) is 0 Å². The van der Waals surface area contributed by atoms with Crippen LogP contribution in [0.2, 0.25) is 0 Å². The summed E-state index contributed by atoms with van der Waals surface area (Å²) in [5.74, 6) is 1.45. The first-order chi connectivity index (χ1) is 11.3. The molecule has 24 heavy (non-hydrogen) atoms. The number of sulfone groups is 1. The monoisotopic (exact) mass is 347 g/mol. The van der Waals surface area contributed by atoms with Gasteiger partial charge in [-0.25, -0.2) is 8.42 Å². The van der Waals surface area contributed by atoms with Crippen LogP contribution in [0.3, 0.4) is 0 Å². The molecule has 3 aliphatic rings. The van der Waals surface area contributed by atoms with Crippen LogP contribution < -0.4 is 0 Å². The number of benzene rings is 1. The van der Waals surface area contributed by atoms with E-state index in [1.807, 2.05) is 0 Å². The summed E-state index contributed by atoms with van der Waals surface area (Å²) in [5, 5.41) is 0. The van der Waals surface area contributed by atoms with Gasteiger partial charge in [0, 0.05) is 18.5 Å². The molecule has 1 unspecified atom stereocenters. The smallest absolute Gasteiger partial charge is 0.151 e. The summed E-state index contributed by atoms with van der Waals surface area (Å²) in [4.78, 5) is 2.49. The second-order valence-electron chi connectivity index (χ2n) is 9.08. The summed E-state index contributed by atoms with van der Waals surface area (Å²) in [6.07, 6.45) is 4.83. The van der Waals surface area contributed by atoms with Gasteiger partial charge in [0.25, 0.3) is 0 Å². The molecule has 4 heteroatoms. The minimum absolute atomic E-state index is 0.0971. The fourth-order valence-electron chi connectivity index (χ4n) is 4.74. The first-order valence-corrected chi connectivity index (χ1v) is 11.1. The van der Waals surface area contributed by atoms with E-state index in [2.05, 4.69) is 43.0 Å². The Morgan fingerprint density at radius 1 is 1.12 bits per heavy atom. The Labute approximate surface area is 146 Å². The largest absolute Gasteiger partial charge is 0.302 e. The van der Waals surface area contributed by atoms with Crippen molar-refractivity contribution in [1.29, 1.82) is 0 Å². The van der Waals surface area contributed by atoms with Crippen molar-refractivity contribution >= 4 is 9.84 Å². The minimum atomic E-state index is -2.71. The molecular weight excluding hydrogens is 318 g/mol. The quantitative estimate of drug-likeness (QED) is 0.821. The molecule has 1 aromatic rings. The van der Waals surface area contributed by atoms with E-state index >= 15 is 0 Å². The average molecular weight is 348 g/mol. The Kier molecular flexibility index (Phi) is 3.85. The van der Waals surface area contributed by atoms with Gasteiger partial charge in [0.15, 0.2) is 9.84 Å². The van der Waals surface area contributed by atoms with Gasteiger partial charge >= 0.3 is 0 Å². The average Bonchev–Trinajstić information content (AvgIpc) is 3.11. The fraction of sp³-hybridized carbons (Fsp3) is 0.700. The number of nitrogens with zero attached hydrogens (tertiary/aromatic N) is 1. The standard InChI is InChI=1S/C20H29NO2S/c1-16(11-17-3-5-18(6-4-17)19(2)7-8-19)12-21-10-9-20(13-21)14-24(22,23)15-20/h3-6,16H,7-15H2,1-2H3. The molecule has 1 aliphatic carbocycles. The molecule has 0 aromatic heterocycles. The van der Waals surface area contributed by atoms with Crippen molar-refractivity contribution < 1.29 is 8.42 Å².